The molecule has 3 N–H and O–H groups in total. The van der Waals surface area contributed by atoms with Crippen molar-refractivity contribution in [2.24, 2.45) is 5.92 Å². The average Bonchev–Trinajstić information content (AvgIpc) is 2.65. The molecule has 1 fully saturated rings. The molecule has 1 aliphatic rings. The molecule has 2 heterocycles. The summed E-state index contributed by atoms with van der Waals surface area (Å²) in [5, 5.41) is 7.94. The van der Waals surface area contributed by atoms with E-state index < -0.39 is 0 Å². The lowest BCUT2D eigenvalue weighted by atomic mass is 10.0. The van der Waals surface area contributed by atoms with Crippen molar-refractivity contribution in [3.63, 3.8) is 0 Å². The van der Waals surface area contributed by atoms with E-state index in [1.54, 1.807) is 0 Å². The van der Waals surface area contributed by atoms with Crippen LogP contribution in [0.3, 0.4) is 0 Å². The van der Waals surface area contributed by atoms with Gasteiger partial charge in [-0.1, -0.05) is 6.92 Å². The van der Waals surface area contributed by atoms with Crippen molar-refractivity contribution >= 4 is 11.5 Å². The van der Waals surface area contributed by atoms with Gasteiger partial charge < -0.3 is 15.8 Å². The Morgan fingerprint density at radius 1 is 1.44 bits per heavy atom. The van der Waals surface area contributed by atoms with Crippen molar-refractivity contribution in [2.45, 2.75) is 39.7 Å². The number of aryl methyl sites for hydroxylation is 2. The zero-order valence-electron chi connectivity index (χ0n) is 11.4. The molecular formula is C13H24N4O. The summed E-state index contributed by atoms with van der Waals surface area (Å²) in [4.78, 5) is 0. The molecule has 0 saturated carbocycles. The fourth-order valence-electron chi connectivity index (χ4n) is 2.35. The molecule has 0 aliphatic carbocycles. The molecule has 1 aromatic heterocycles. The summed E-state index contributed by atoms with van der Waals surface area (Å²) in [6.45, 7) is 7.75. The van der Waals surface area contributed by atoms with Crippen molar-refractivity contribution in [3.8, 4) is 0 Å². The lowest BCUT2D eigenvalue weighted by molar-refractivity contribution is 0.0699. The van der Waals surface area contributed by atoms with Crippen molar-refractivity contribution in [3.05, 3.63) is 5.69 Å². The normalized spacial score (nSPS) is 17.0. The molecule has 0 aromatic carbocycles. The summed E-state index contributed by atoms with van der Waals surface area (Å²) in [7, 11) is 0. The van der Waals surface area contributed by atoms with Gasteiger partial charge in [-0.15, -0.1) is 0 Å². The third-order valence-electron chi connectivity index (χ3n) is 3.51. The number of hydrogen-bond donors (Lipinski definition) is 2. The number of nitrogen functional groups attached to an aromatic ring is 1. The van der Waals surface area contributed by atoms with E-state index in [9.17, 15) is 0 Å². The summed E-state index contributed by atoms with van der Waals surface area (Å²) < 4.78 is 7.36. The maximum absolute atomic E-state index is 6.08. The Morgan fingerprint density at radius 2 is 2.17 bits per heavy atom. The standard InChI is InChI=1S/C13H24N4O/c1-3-6-17-13(12(14)10(2)16-17)15-9-11-4-7-18-8-5-11/h11,15H,3-9,14H2,1-2H3. The lowest BCUT2D eigenvalue weighted by Gasteiger charge is -2.23. The molecule has 0 unspecified atom stereocenters. The second-order valence-electron chi connectivity index (χ2n) is 5.01. The molecule has 1 aromatic rings. The second-order valence-corrected chi connectivity index (χ2v) is 5.01. The highest BCUT2D eigenvalue weighted by molar-refractivity contribution is 5.64. The van der Waals surface area contributed by atoms with Gasteiger partial charge in [0.1, 0.15) is 5.82 Å². The summed E-state index contributed by atoms with van der Waals surface area (Å²) in [6, 6.07) is 0. The summed E-state index contributed by atoms with van der Waals surface area (Å²) in [5.41, 5.74) is 7.78. The molecule has 18 heavy (non-hydrogen) atoms. The van der Waals surface area contributed by atoms with Gasteiger partial charge in [-0.3, -0.25) is 0 Å². The molecule has 5 heteroatoms. The fourth-order valence-corrected chi connectivity index (χ4v) is 2.35. The Bertz CT molecular complexity index is 383. The number of nitrogens with one attached hydrogen (secondary N) is 1. The molecule has 0 radical (unpaired) electrons. The first-order valence-electron chi connectivity index (χ1n) is 6.86. The maximum atomic E-state index is 6.08. The highest BCUT2D eigenvalue weighted by Crippen LogP contribution is 2.24. The van der Waals surface area contributed by atoms with Gasteiger partial charge in [0.15, 0.2) is 0 Å². The number of nitrogens with zero attached hydrogens (tertiary/aromatic N) is 2. The highest BCUT2D eigenvalue weighted by Gasteiger charge is 2.16. The van der Waals surface area contributed by atoms with Crippen LogP contribution in [-0.2, 0) is 11.3 Å². The van der Waals surface area contributed by atoms with Crippen LogP contribution in [0, 0.1) is 12.8 Å². The van der Waals surface area contributed by atoms with E-state index in [1.165, 1.54) is 0 Å². The third kappa shape index (κ3) is 2.96. The van der Waals surface area contributed by atoms with E-state index in [0.717, 1.165) is 62.8 Å². The van der Waals surface area contributed by atoms with Crippen LogP contribution in [0.4, 0.5) is 11.5 Å². The van der Waals surface area contributed by atoms with E-state index in [4.69, 9.17) is 10.5 Å². The minimum absolute atomic E-state index is 0.684. The second kappa shape index (κ2) is 6.09. The van der Waals surface area contributed by atoms with Gasteiger partial charge >= 0.3 is 0 Å². The molecule has 0 bridgehead atoms. The molecule has 5 nitrogen and oxygen atoms in total. The van der Waals surface area contributed by atoms with Gasteiger partial charge in [0.05, 0.1) is 11.4 Å². The van der Waals surface area contributed by atoms with Crippen LogP contribution < -0.4 is 11.1 Å². The first kappa shape index (κ1) is 13.2. The quantitative estimate of drug-likeness (QED) is 0.841. The Kier molecular flexibility index (Phi) is 4.47. The molecule has 0 spiro atoms. The number of ether oxygens (including phenoxy) is 1. The lowest BCUT2D eigenvalue weighted by Crippen LogP contribution is -2.23. The van der Waals surface area contributed by atoms with Gasteiger partial charge in [0.2, 0.25) is 0 Å². The monoisotopic (exact) mass is 252 g/mol. The molecule has 102 valence electrons. The van der Waals surface area contributed by atoms with Crippen molar-refractivity contribution < 1.29 is 4.74 Å². The minimum atomic E-state index is 0.684. The van der Waals surface area contributed by atoms with Crippen LogP contribution in [0.25, 0.3) is 0 Å². The number of hydrogen-bond acceptors (Lipinski definition) is 4. The molecule has 2 rings (SSSR count). The van der Waals surface area contributed by atoms with E-state index in [1.807, 2.05) is 11.6 Å². The third-order valence-corrected chi connectivity index (χ3v) is 3.51. The van der Waals surface area contributed by atoms with Gasteiger partial charge in [-0.25, -0.2) is 4.68 Å². The maximum Gasteiger partial charge on any atom is 0.148 e. The van der Waals surface area contributed by atoms with Crippen LogP contribution in [0.15, 0.2) is 0 Å². The van der Waals surface area contributed by atoms with Crippen LogP contribution in [0.1, 0.15) is 31.9 Å². The van der Waals surface area contributed by atoms with E-state index in [-0.39, 0.29) is 0 Å². The van der Waals surface area contributed by atoms with Gasteiger partial charge in [0, 0.05) is 26.3 Å². The summed E-state index contributed by atoms with van der Waals surface area (Å²) >= 11 is 0. The molecule has 1 aliphatic heterocycles. The fraction of sp³-hybridized carbons (Fsp3) is 0.769. The Hall–Kier alpha value is -1.23. The van der Waals surface area contributed by atoms with Crippen LogP contribution >= 0.6 is 0 Å². The Morgan fingerprint density at radius 3 is 2.83 bits per heavy atom. The molecule has 0 amide bonds. The van der Waals surface area contributed by atoms with Crippen LogP contribution in [0.5, 0.6) is 0 Å². The van der Waals surface area contributed by atoms with Gasteiger partial charge in [-0.2, -0.15) is 5.10 Å². The SMILES string of the molecule is CCCn1nc(C)c(N)c1NCC1CCOCC1. The zero-order valence-corrected chi connectivity index (χ0v) is 11.4. The predicted octanol–water partition coefficient (Wildman–Crippen LogP) is 2.02. The smallest absolute Gasteiger partial charge is 0.148 e. The highest BCUT2D eigenvalue weighted by atomic mass is 16.5. The Balaban J connectivity index is 1.98. The topological polar surface area (TPSA) is 65.1 Å². The first-order chi connectivity index (χ1) is 8.72. The van der Waals surface area contributed by atoms with E-state index in [2.05, 4.69) is 17.3 Å². The van der Waals surface area contributed by atoms with Crippen molar-refractivity contribution in [2.75, 3.05) is 30.8 Å². The van der Waals surface area contributed by atoms with E-state index >= 15 is 0 Å². The van der Waals surface area contributed by atoms with Crippen molar-refractivity contribution in [1.29, 1.82) is 0 Å². The first-order valence-corrected chi connectivity index (χ1v) is 6.86. The molecule has 0 atom stereocenters. The largest absolute Gasteiger partial charge is 0.394 e. The molecule has 1 saturated heterocycles. The van der Waals surface area contributed by atoms with Crippen molar-refractivity contribution in [1.82, 2.24) is 9.78 Å². The number of rotatable bonds is 5. The van der Waals surface area contributed by atoms with Gasteiger partial charge in [0.25, 0.3) is 0 Å². The number of anilines is 2. The predicted molar refractivity (Wildman–Crippen MR) is 73.7 cm³/mol. The van der Waals surface area contributed by atoms with Crippen LogP contribution in [0.2, 0.25) is 0 Å². The molecular weight excluding hydrogens is 228 g/mol. The average molecular weight is 252 g/mol. The minimum Gasteiger partial charge on any atom is -0.394 e. The van der Waals surface area contributed by atoms with Gasteiger partial charge in [-0.05, 0) is 32.1 Å². The summed E-state index contributed by atoms with van der Waals surface area (Å²) in [6.07, 6.45) is 3.33. The summed E-state index contributed by atoms with van der Waals surface area (Å²) in [5.74, 6) is 1.67. The number of aromatic nitrogens is 2. The van der Waals surface area contributed by atoms with E-state index in [0.29, 0.717) is 5.92 Å². The number of nitrogens with two attached hydrogens (primary N) is 1. The van der Waals surface area contributed by atoms with Crippen LogP contribution in [-0.4, -0.2) is 29.5 Å². The zero-order chi connectivity index (χ0) is 13.0. The Labute approximate surface area is 109 Å².